The van der Waals surface area contributed by atoms with E-state index in [1.165, 1.54) is 0 Å². The zero-order valence-electron chi connectivity index (χ0n) is 13.9. The van der Waals surface area contributed by atoms with E-state index in [0.29, 0.717) is 17.1 Å². The number of rotatable bonds is 4. The predicted octanol–water partition coefficient (Wildman–Crippen LogP) is 2.81. The van der Waals surface area contributed by atoms with Crippen molar-refractivity contribution in [2.45, 2.75) is 13.5 Å². The van der Waals surface area contributed by atoms with Crippen molar-refractivity contribution >= 4 is 23.2 Å². The first-order valence-corrected chi connectivity index (χ1v) is 8.40. The first kappa shape index (κ1) is 16.3. The fourth-order valence-electron chi connectivity index (χ4n) is 2.76. The van der Waals surface area contributed by atoms with Gasteiger partial charge in [-0.15, -0.1) is 10.2 Å². The lowest BCUT2D eigenvalue weighted by Crippen LogP contribution is -2.24. The van der Waals surface area contributed by atoms with E-state index in [4.69, 9.17) is 11.6 Å². The molecule has 4 rings (SSSR count). The Morgan fingerprint density at radius 3 is 2.69 bits per heavy atom. The summed E-state index contributed by atoms with van der Waals surface area (Å²) in [6, 6.07) is 15.1. The lowest BCUT2D eigenvalue weighted by Gasteiger charge is -2.05. The largest absolute Gasteiger partial charge is 0.345 e. The number of hydrogen-bond acceptors (Lipinski definition) is 4. The second-order valence-electron chi connectivity index (χ2n) is 5.73. The van der Waals surface area contributed by atoms with Crippen LogP contribution in [0, 0.1) is 6.92 Å². The SMILES string of the molecule is Cc1nn(-c2ccccc2)c(Cl)c1C(=O)NCc1nnc2ccccn12. The summed E-state index contributed by atoms with van der Waals surface area (Å²) in [5.41, 5.74) is 2.43. The van der Waals surface area contributed by atoms with Crippen molar-refractivity contribution in [2.75, 3.05) is 0 Å². The van der Waals surface area contributed by atoms with Gasteiger partial charge in [-0.2, -0.15) is 5.10 Å². The van der Waals surface area contributed by atoms with Gasteiger partial charge < -0.3 is 5.32 Å². The molecule has 130 valence electrons. The molecule has 0 saturated heterocycles. The summed E-state index contributed by atoms with van der Waals surface area (Å²) in [6.07, 6.45) is 1.85. The minimum Gasteiger partial charge on any atom is -0.345 e. The average Bonchev–Trinajstić information content (AvgIpc) is 3.21. The number of aromatic nitrogens is 5. The number of carbonyl (C=O) groups is 1. The molecule has 0 aliphatic heterocycles. The molecule has 1 N–H and O–H groups in total. The molecular weight excluding hydrogens is 352 g/mol. The fourth-order valence-corrected chi connectivity index (χ4v) is 3.11. The Bertz CT molecular complexity index is 1090. The summed E-state index contributed by atoms with van der Waals surface area (Å²) >= 11 is 6.42. The smallest absolute Gasteiger partial charge is 0.256 e. The van der Waals surface area contributed by atoms with E-state index in [1.807, 2.05) is 59.1 Å². The number of aryl methyl sites for hydroxylation is 1. The van der Waals surface area contributed by atoms with Gasteiger partial charge in [0, 0.05) is 6.20 Å². The molecule has 0 aliphatic rings. The van der Waals surface area contributed by atoms with E-state index < -0.39 is 0 Å². The van der Waals surface area contributed by atoms with Crippen LogP contribution >= 0.6 is 11.6 Å². The quantitative estimate of drug-likeness (QED) is 0.602. The van der Waals surface area contributed by atoms with Crippen molar-refractivity contribution in [1.82, 2.24) is 29.7 Å². The minimum absolute atomic E-state index is 0.232. The Morgan fingerprint density at radius 1 is 1.12 bits per heavy atom. The maximum Gasteiger partial charge on any atom is 0.256 e. The Kier molecular flexibility index (Phi) is 4.14. The second-order valence-corrected chi connectivity index (χ2v) is 6.08. The Morgan fingerprint density at radius 2 is 1.88 bits per heavy atom. The van der Waals surface area contributed by atoms with Gasteiger partial charge in [0.25, 0.3) is 5.91 Å². The number of nitrogens with zero attached hydrogens (tertiary/aromatic N) is 5. The maximum absolute atomic E-state index is 12.7. The number of hydrogen-bond donors (Lipinski definition) is 1. The van der Waals surface area contributed by atoms with Gasteiger partial charge in [-0.05, 0) is 31.2 Å². The number of halogens is 1. The van der Waals surface area contributed by atoms with Crippen LogP contribution in [0.1, 0.15) is 21.9 Å². The van der Waals surface area contributed by atoms with E-state index in [-0.39, 0.29) is 17.6 Å². The molecule has 0 bridgehead atoms. The molecule has 7 nitrogen and oxygen atoms in total. The van der Waals surface area contributed by atoms with Crippen LogP contribution in [-0.4, -0.2) is 30.3 Å². The molecule has 3 aromatic heterocycles. The van der Waals surface area contributed by atoms with Crippen LogP contribution in [0.15, 0.2) is 54.7 Å². The van der Waals surface area contributed by atoms with Crippen LogP contribution < -0.4 is 5.32 Å². The van der Waals surface area contributed by atoms with Crippen LogP contribution in [0.5, 0.6) is 0 Å². The van der Waals surface area contributed by atoms with E-state index in [2.05, 4.69) is 20.6 Å². The number of pyridine rings is 1. The molecule has 3 heterocycles. The first-order chi connectivity index (χ1) is 12.6. The van der Waals surface area contributed by atoms with E-state index in [0.717, 1.165) is 11.3 Å². The average molecular weight is 367 g/mol. The number of carbonyl (C=O) groups excluding carboxylic acids is 1. The highest BCUT2D eigenvalue weighted by Gasteiger charge is 2.21. The molecule has 0 radical (unpaired) electrons. The van der Waals surface area contributed by atoms with Crippen LogP contribution in [0.3, 0.4) is 0 Å². The Labute approximate surface area is 154 Å². The van der Waals surface area contributed by atoms with Gasteiger partial charge in [0.05, 0.1) is 23.5 Å². The van der Waals surface area contributed by atoms with Crippen LogP contribution in [-0.2, 0) is 6.54 Å². The van der Waals surface area contributed by atoms with Gasteiger partial charge >= 0.3 is 0 Å². The summed E-state index contributed by atoms with van der Waals surface area (Å²) in [7, 11) is 0. The molecule has 0 saturated carbocycles. The lowest BCUT2D eigenvalue weighted by molar-refractivity contribution is 0.0949. The number of amides is 1. The third-order valence-electron chi connectivity index (χ3n) is 4.02. The molecule has 0 fully saturated rings. The van der Waals surface area contributed by atoms with Crippen molar-refractivity contribution in [2.24, 2.45) is 0 Å². The summed E-state index contributed by atoms with van der Waals surface area (Å²) in [6.45, 7) is 1.99. The van der Waals surface area contributed by atoms with Gasteiger partial charge in [0.2, 0.25) is 0 Å². The summed E-state index contributed by atoms with van der Waals surface area (Å²) < 4.78 is 3.38. The van der Waals surface area contributed by atoms with Gasteiger partial charge in [-0.3, -0.25) is 9.20 Å². The van der Waals surface area contributed by atoms with Crippen LogP contribution in [0.4, 0.5) is 0 Å². The molecule has 4 aromatic rings. The molecular formula is C18H15ClN6O. The molecule has 0 unspecified atom stereocenters. The third kappa shape index (κ3) is 2.82. The van der Waals surface area contributed by atoms with Crippen molar-refractivity contribution in [1.29, 1.82) is 0 Å². The third-order valence-corrected chi connectivity index (χ3v) is 4.37. The molecule has 0 spiro atoms. The monoisotopic (exact) mass is 366 g/mol. The normalized spacial score (nSPS) is 11.0. The van der Waals surface area contributed by atoms with Gasteiger partial charge in [0.1, 0.15) is 5.15 Å². The number of nitrogens with one attached hydrogen (secondary N) is 1. The van der Waals surface area contributed by atoms with E-state index in [9.17, 15) is 4.79 Å². The second kappa shape index (κ2) is 6.61. The zero-order valence-corrected chi connectivity index (χ0v) is 14.7. The molecule has 8 heteroatoms. The van der Waals surface area contributed by atoms with Crippen LogP contribution in [0.25, 0.3) is 11.3 Å². The van der Waals surface area contributed by atoms with Crippen molar-refractivity contribution in [3.8, 4) is 5.69 Å². The van der Waals surface area contributed by atoms with Crippen molar-refractivity contribution in [3.05, 3.63) is 77.0 Å². The van der Waals surface area contributed by atoms with E-state index >= 15 is 0 Å². The standard InChI is InChI=1S/C18H15ClN6O/c1-12-16(17(19)25(23-12)13-7-3-2-4-8-13)18(26)20-11-15-22-21-14-9-5-6-10-24(14)15/h2-10H,11H2,1H3,(H,20,26). The first-order valence-electron chi connectivity index (χ1n) is 8.02. The zero-order chi connectivity index (χ0) is 18.1. The highest BCUT2D eigenvalue weighted by atomic mass is 35.5. The van der Waals surface area contributed by atoms with Crippen LogP contribution in [0.2, 0.25) is 5.15 Å². The van der Waals surface area contributed by atoms with Crippen molar-refractivity contribution in [3.63, 3.8) is 0 Å². The molecule has 26 heavy (non-hydrogen) atoms. The predicted molar refractivity (Wildman–Crippen MR) is 97.5 cm³/mol. The number of fused-ring (bicyclic) bond motifs is 1. The fraction of sp³-hybridized carbons (Fsp3) is 0.111. The lowest BCUT2D eigenvalue weighted by atomic mass is 10.2. The molecule has 0 atom stereocenters. The number of para-hydroxylation sites is 1. The Hall–Kier alpha value is -3.19. The minimum atomic E-state index is -0.303. The number of benzene rings is 1. The topological polar surface area (TPSA) is 77.1 Å². The molecule has 1 aromatic carbocycles. The Balaban J connectivity index is 1.58. The van der Waals surface area contributed by atoms with Gasteiger partial charge in [-0.25, -0.2) is 4.68 Å². The highest BCUT2D eigenvalue weighted by Crippen LogP contribution is 2.23. The molecule has 1 amide bonds. The summed E-state index contributed by atoms with van der Waals surface area (Å²) in [5.74, 6) is 0.334. The summed E-state index contributed by atoms with van der Waals surface area (Å²) in [4.78, 5) is 12.7. The van der Waals surface area contributed by atoms with Gasteiger partial charge in [-0.1, -0.05) is 35.9 Å². The summed E-state index contributed by atoms with van der Waals surface area (Å²) in [5, 5.41) is 15.7. The molecule has 0 aliphatic carbocycles. The van der Waals surface area contributed by atoms with E-state index in [1.54, 1.807) is 11.6 Å². The highest BCUT2D eigenvalue weighted by molar-refractivity contribution is 6.33. The van der Waals surface area contributed by atoms with Crippen molar-refractivity contribution < 1.29 is 4.79 Å². The maximum atomic E-state index is 12.7. The van der Waals surface area contributed by atoms with Gasteiger partial charge in [0.15, 0.2) is 11.5 Å².